The second-order valence-electron chi connectivity index (χ2n) is 5.63. The predicted molar refractivity (Wildman–Crippen MR) is 105 cm³/mol. The summed E-state index contributed by atoms with van der Waals surface area (Å²) in [6.45, 7) is 0. The lowest BCUT2D eigenvalue weighted by Gasteiger charge is -2.39. The molecule has 0 bridgehead atoms. The molecule has 0 N–H and O–H groups in total. The van der Waals surface area contributed by atoms with Crippen LogP contribution in [0.3, 0.4) is 0 Å². The van der Waals surface area contributed by atoms with Crippen molar-refractivity contribution in [3.05, 3.63) is 62.4 Å². The second-order valence-corrected chi connectivity index (χ2v) is 5.63. The number of nitrogens with zero attached hydrogens (tertiary/aromatic N) is 5. The van der Waals surface area contributed by atoms with Gasteiger partial charge in [-0.2, -0.15) is 0 Å². The Hall–Kier alpha value is -2.76. The van der Waals surface area contributed by atoms with E-state index < -0.39 is 0 Å². The van der Waals surface area contributed by atoms with Crippen LogP contribution in [0.15, 0.2) is 36.4 Å². The molecule has 2 aromatic rings. The van der Waals surface area contributed by atoms with Crippen molar-refractivity contribution in [3.63, 3.8) is 0 Å². The molecule has 0 aliphatic carbocycles. The summed E-state index contributed by atoms with van der Waals surface area (Å²) in [4.78, 5) is 0. The van der Waals surface area contributed by atoms with Gasteiger partial charge >= 0.3 is 0 Å². The van der Waals surface area contributed by atoms with Crippen molar-refractivity contribution in [2.24, 2.45) is 0 Å². The fraction of sp³-hybridized carbons (Fsp3) is 0.250. The lowest BCUT2D eigenvalue weighted by atomic mass is 10.2. The Kier molecular flexibility index (Phi) is 5.75. The zero-order chi connectivity index (χ0) is 19.6. The van der Waals surface area contributed by atoms with Crippen molar-refractivity contribution in [1.82, 2.24) is 0 Å². The smallest absolute Gasteiger partial charge is 0.0507 e. The molecule has 2 rings (SSSR count). The SMILES string of the molecule is CN([O-])c1ccc(N([O-])c2ccc(N(C)[O-])c(N(C)[O-])c2)cc1N(C)[O-]. The summed E-state index contributed by atoms with van der Waals surface area (Å²) in [7, 11) is 4.91. The van der Waals surface area contributed by atoms with Crippen LogP contribution in [0.1, 0.15) is 0 Å². The van der Waals surface area contributed by atoms with Crippen LogP contribution < -0.4 is 25.3 Å². The molecule has 0 unspecified atom stereocenters. The van der Waals surface area contributed by atoms with E-state index in [1.165, 1.54) is 64.6 Å². The first-order valence-corrected chi connectivity index (χ1v) is 7.52. The van der Waals surface area contributed by atoms with E-state index >= 15 is 0 Å². The average Bonchev–Trinajstić information content (AvgIpc) is 2.59. The van der Waals surface area contributed by atoms with Crippen molar-refractivity contribution in [2.75, 3.05) is 53.5 Å². The molecule has 142 valence electrons. The van der Waals surface area contributed by atoms with Crippen LogP contribution in [0.5, 0.6) is 0 Å². The van der Waals surface area contributed by atoms with E-state index in [-0.39, 0.29) is 34.1 Å². The van der Waals surface area contributed by atoms with E-state index in [0.29, 0.717) is 25.3 Å². The fourth-order valence-electron chi connectivity index (χ4n) is 2.46. The number of hydrogen-bond acceptors (Lipinski definition) is 10. The lowest BCUT2D eigenvalue weighted by Crippen LogP contribution is -2.17. The molecular weight excluding hydrogens is 342 g/mol. The summed E-state index contributed by atoms with van der Waals surface area (Å²) in [5, 5.41) is 61.6. The predicted octanol–water partition coefficient (Wildman–Crippen LogP) is 3.06. The second kappa shape index (κ2) is 7.64. The number of benzene rings is 2. The minimum atomic E-state index is 0.0259. The maximum atomic E-state index is 12.7. The van der Waals surface area contributed by atoms with Gasteiger partial charge in [-0.25, -0.2) is 0 Å². The highest BCUT2D eigenvalue weighted by Crippen LogP contribution is 2.37. The summed E-state index contributed by atoms with van der Waals surface area (Å²) in [5.74, 6) is 0. The van der Waals surface area contributed by atoms with Gasteiger partial charge in [-0.3, -0.25) is 0 Å². The number of hydrogen-bond donors (Lipinski definition) is 0. The molecule has 0 fully saturated rings. The Morgan fingerprint density at radius 3 is 1.08 bits per heavy atom. The third-order valence-corrected chi connectivity index (χ3v) is 3.74. The Morgan fingerprint density at radius 2 is 0.808 bits per heavy atom. The first-order valence-electron chi connectivity index (χ1n) is 7.52. The Bertz CT molecular complexity index is 703. The van der Waals surface area contributed by atoms with Crippen LogP contribution >= 0.6 is 0 Å². The van der Waals surface area contributed by atoms with Gasteiger partial charge in [0.25, 0.3) is 0 Å². The third kappa shape index (κ3) is 3.90. The molecule has 0 heterocycles. The van der Waals surface area contributed by atoms with Crippen molar-refractivity contribution in [2.45, 2.75) is 0 Å². The van der Waals surface area contributed by atoms with Crippen LogP contribution in [0.4, 0.5) is 34.1 Å². The van der Waals surface area contributed by atoms with E-state index in [4.69, 9.17) is 0 Å². The molecule has 0 aromatic heterocycles. The molecule has 0 aliphatic heterocycles. The molecule has 10 nitrogen and oxygen atoms in total. The van der Waals surface area contributed by atoms with Crippen molar-refractivity contribution >= 4 is 34.1 Å². The number of anilines is 6. The largest absolute Gasteiger partial charge is 0.758 e. The van der Waals surface area contributed by atoms with E-state index in [1.807, 2.05) is 0 Å². The van der Waals surface area contributed by atoms with E-state index in [2.05, 4.69) is 0 Å². The highest BCUT2D eigenvalue weighted by Gasteiger charge is 2.09. The van der Waals surface area contributed by atoms with Crippen LogP contribution in [0.25, 0.3) is 0 Å². The summed E-state index contributed by atoms with van der Waals surface area (Å²) in [6, 6.07) is 8.04. The molecular formula is C16H18N5O5-5. The molecule has 0 amide bonds. The van der Waals surface area contributed by atoms with Gasteiger partial charge in [0.05, 0.1) is 11.4 Å². The lowest BCUT2D eigenvalue weighted by molar-refractivity contribution is 1.14. The molecule has 0 saturated heterocycles. The summed E-state index contributed by atoms with van der Waals surface area (Å²) in [5.41, 5.74) is 0.467. The maximum Gasteiger partial charge on any atom is 0.0507 e. The van der Waals surface area contributed by atoms with Crippen LogP contribution in [-0.2, 0) is 0 Å². The van der Waals surface area contributed by atoms with Gasteiger partial charge in [0, 0.05) is 22.7 Å². The van der Waals surface area contributed by atoms with Gasteiger partial charge in [-0.1, -0.05) is 0 Å². The quantitative estimate of drug-likeness (QED) is 0.708. The Labute approximate surface area is 150 Å². The third-order valence-electron chi connectivity index (χ3n) is 3.74. The van der Waals surface area contributed by atoms with Gasteiger partial charge in [0.15, 0.2) is 0 Å². The normalized spacial score (nSPS) is 10.5. The van der Waals surface area contributed by atoms with Gasteiger partial charge in [-0.15, -0.1) is 0 Å². The monoisotopic (exact) mass is 360 g/mol. The van der Waals surface area contributed by atoms with E-state index in [0.717, 1.165) is 0 Å². The van der Waals surface area contributed by atoms with Gasteiger partial charge < -0.3 is 51.4 Å². The number of hydroxylamine groups is 4. The van der Waals surface area contributed by atoms with E-state index in [1.54, 1.807) is 0 Å². The van der Waals surface area contributed by atoms with Crippen LogP contribution in [-0.4, -0.2) is 28.2 Å². The van der Waals surface area contributed by atoms with Gasteiger partial charge in [-0.05, 0) is 64.6 Å². The molecule has 0 spiro atoms. The molecule has 26 heavy (non-hydrogen) atoms. The Morgan fingerprint density at radius 1 is 0.500 bits per heavy atom. The average molecular weight is 360 g/mol. The van der Waals surface area contributed by atoms with Crippen LogP contribution in [0.2, 0.25) is 0 Å². The number of rotatable bonds is 6. The summed E-state index contributed by atoms with van der Waals surface area (Å²) < 4.78 is 0. The highest BCUT2D eigenvalue weighted by molar-refractivity contribution is 5.82. The molecule has 10 heteroatoms. The summed E-state index contributed by atoms with van der Waals surface area (Å²) >= 11 is 0. The molecule has 0 atom stereocenters. The van der Waals surface area contributed by atoms with Gasteiger partial charge in [0.1, 0.15) is 0 Å². The standard InChI is InChI=1S/C16H18N5O5/c1-17(22)13-7-5-11(9-15(13)19(3)24)21(26)12-6-8-14(18(2)23)16(10-12)20(4)25/h5-10H,1-4H3/q-5. The van der Waals surface area contributed by atoms with Crippen molar-refractivity contribution in [1.29, 1.82) is 0 Å². The van der Waals surface area contributed by atoms with Crippen molar-refractivity contribution in [3.8, 4) is 0 Å². The minimum absolute atomic E-state index is 0.0259. The minimum Gasteiger partial charge on any atom is -0.758 e. The Balaban J connectivity index is 2.47. The highest BCUT2D eigenvalue weighted by atomic mass is 16.5. The molecule has 2 aromatic carbocycles. The topological polar surface area (TPSA) is 131 Å². The zero-order valence-electron chi connectivity index (χ0n) is 14.7. The molecule has 0 aliphatic rings. The summed E-state index contributed by atoms with van der Waals surface area (Å²) in [6.07, 6.45) is 0. The molecule has 0 radical (unpaired) electrons. The van der Waals surface area contributed by atoms with E-state index in [9.17, 15) is 26.0 Å². The first kappa shape index (κ1) is 19.6. The maximum absolute atomic E-state index is 12.7. The first-order chi connectivity index (χ1) is 12.1. The van der Waals surface area contributed by atoms with Crippen LogP contribution in [0, 0.1) is 26.0 Å². The zero-order valence-corrected chi connectivity index (χ0v) is 14.7. The van der Waals surface area contributed by atoms with Gasteiger partial charge in [0.2, 0.25) is 0 Å². The van der Waals surface area contributed by atoms with Crippen molar-refractivity contribution < 1.29 is 0 Å². The molecule has 0 saturated carbocycles. The fourth-order valence-corrected chi connectivity index (χ4v) is 2.46.